The lowest BCUT2D eigenvalue weighted by Crippen LogP contribution is -2.13. The van der Waals surface area contributed by atoms with Gasteiger partial charge in [-0.3, -0.25) is 0 Å². The molecule has 0 atom stereocenters. The smallest absolute Gasteiger partial charge is 0.341 e. The van der Waals surface area contributed by atoms with Crippen LogP contribution in [0.3, 0.4) is 0 Å². The summed E-state index contributed by atoms with van der Waals surface area (Å²) in [6.07, 6.45) is 9.88. The number of sulfone groups is 1. The molecule has 0 aliphatic heterocycles. The summed E-state index contributed by atoms with van der Waals surface area (Å²) < 4.78 is 25.6. The number of carboxylic acid groups (broad SMARTS) is 1. The van der Waals surface area contributed by atoms with Gasteiger partial charge in [-0.25, -0.2) is 22.7 Å². The summed E-state index contributed by atoms with van der Waals surface area (Å²) in [6, 6.07) is 14.9. The molecule has 174 valence electrons. The molecular formula is C26H25N3O4S. The molecule has 2 heterocycles. The van der Waals surface area contributed by atoms with E-state index in [1.807, 2.05) is 30.3 Å². The summed E-state index contributed by atoms with van der Waals surface area (Å²) in [6.45, 7) is 0. The van der Waals surface area contributed by atoms with Crippen LogP contribution >= 0.6 is 0 Å². The minimum Gasteiger partial charge on any atom is -0.477 e. The Morgan fingerprint density at radius 1 is 0.971 bits per heavy atom. The molecule has 0 spiro atoms. The van der Waals surface area contributed by atoms with Crippen LogP contribution in [0.2, 0.25) is 0 Å². The maximum atomic E-state index is 11.9. The SMILES string of the molecule is CS(=O)(=O)c1cccc(-c2ccc(-c3cnc4c(C(=O)O)cnn4c3C3CCCCC3)cc2)c1. The molecule has 0 radical (unpaired) electrons. The highest BCUT2D eigenvalue weighted by Gasteiger charge is 2.25. The van der Waals surface area contributed by atoms with Crippen molar-refractivity contribution < 1.29 is 18.3 Å². The van der Waals surface area contributed by atoms with Crippen LogP contribution in [-0.2, 0) is 9.84 Å². The Labute approximate surface area is 198 Å². The largest absolute Gasteiger partial charge is 0.477 e. The van der Waals surface area contributed by atoms with Gasteiger partial charge in [0.1, 0.15) is 5.56 Å². The van der Waals surface area contributed by atoms with Crippen LogP contribution < -0.4 is 0 Å². The molecular weight excluding hydrogens is 450 g/mol. The lowest BCUT2D eigenvalue weighted by Gasteiger charge is -2.25. The molecule has 0 unspecified atom stereocenters. The Morgan fingerprint density at radius 2 is 1.68 bits per heavy atom. The lowest BCUT2D eigenvalue weighted by atomic mass is 9.84. The van der Waals surface area contributed by atoms with Crippen LogP contribution in [0.4, 0.5) is 0 Å². The second kappa shape index (κ2) is 8.68. The van der Waals surface area contributed by atoms with E-state index < -0.39 is 15.8 Å². The number of aromatic carboxylic acids is 1. The summed E-state index contributed by atoms with van der Waals surface area (Å²) in [5.41, 5.74) is 5.12. The quantitative estimate of drug-likeness (QED) is 0.425. The van der Waals surface area contributed by atoms with E-state index in [1.54, 1.807) is 28.9 Å². The molecule has 4 aromatic rings. The molecule has 8 heteroatoms. The molecule has 5 rings (SSSR count). The fourth-order valence-electron chi connectivity index (χ4n) is 4.84. The maximum Gasteiger partial charge on any atom is 0.341 e. The zero-order valence-electron chi connectivity index (χ0n) is 18.8. The van der Waals surface area contributed by atoms with Gasteiger partial charge < -0.3 is 5.11 Å². The number of carboxylic acids is 1. The number of nitrogens with zero attached hydrogens (tertiary/aromatic N) is 3. The Kier molecular flexibility index (Phi) is 5.69. The van der Waals surface area contributed by atoms with E-state index in [9.17, 15) is 18.3 Å². The summed E-state index contributed by atoms with van der Waals surface area (Å²) >= 11 is 0. The Hall–Kier alpha value is -3.52. The summed E-state index contributed by atoms with van der Waals surface area (Å²) in [5, 5.41) is 14.0. The lowest BCUT2D eigenvalue weighted by molar-refractivity contribution is 0.0698. The number of benzene rings is 2. The highest BCUT2D eigenvalue weighted by molar-refractivity contribution is 7.90. The van der Waals surface area contributed by atoms with Crippen molar-refractivity contribution >= 4 is 21.5 Å². The molecule has 2 aromatic carbocycles. The van der Waals surface area contributed by atoms with Gasteiger partial charge in [0.2, 0.25) is 0 Å². The maximum absolute atomic E-state index is 11.9. The van der Waals surface area contributed by atoms with Crippen LogP contribution in [-0.4, -0.2) is 40.3 Å². The molecule has 34 heavy (non-hydrogen) atoms. The predicted molar refractivity (Wildman–Crippen MR) is 130 cm³/mol. The van der Waals surface area contributed by atoms with Gasteiger partial charge in [-0.15, -0.1) is 0 Å². The molecule has 1 N–H and O–H groups in total. The van der Waals surface area contributed by atoms with Crippen LogP contribution in [0.25, 0.3) is 27.9 Å². The average Bonchev–Trinajstić information content (AvgIpc) is 3.28. The van der Waals surface area contributed by atoms with Crippen LogP contribution in [0.5, 0.6) is 0 Å². The van der Waals surface area contributed by atoms with Crippen LogP contribution in [0.15, 0.2) is 65.8 Å². The first kappa shape index (κ1) is 22.3. The number of hydrogen-bond donors (Lipinski definition) is 1. The van der Waals surface area contributed by atoms with Gasteiger partial charge in [0.15, 0.2) is 15.5 Å². The average molecular weight is 476 g/mol. The van der Waals surface area contributed by atoms with Crippen molar-refractivity contribution in [2.45, 2.75) is 42.9 Å². The van der Waals surface area contributed by atoms with E-state index in [4.69, 9.17) is 0 Å². The van der Waals surface area contributed by atoms with Crippen molar-refractivity contribution in [3.05, 3.63) is 72.2 Å². The number of hydrogen-bond acceptors (Lipinski definition) is 5. The second-order valence-electron chi connectivity index (χ2n) is 8.87. The molecule has 1 aliphatic carbocycles. The van der Waals surface area contributed by atoms with E-state index >= 15 is 0 Å². The predicted octanol–water partition coefficient (Wildman–Crippen LogP) is 5.21. The third-order valence-electron chi connectivity index (χ3n) is 6.58. The van der Waals surface area contributed by atoms with Gasteiger partial charge in [0, 0.05) is 23.9 Å². The molecule has 1 aliphatic rings. The topological polar surface area (TPSA) is 102 Å². The third-order valence-corrected chi connectivity index (χ3v) is 7.69. The summed E-state index contributed by atoms with van der Waals surface area (Å²) in [4.78, 5) is 16.4. The van der Waals surface area contributed by atoms with E-state index in [0.717, 1.165) is 53.6 Å². The number of carbonyl (C=O) groups is 1. The van der Waals surface area contributed by atoms with Crippen molar-refractivity contribution in [2.24, 2.45) is 0 Å². The fraction of sp³-hybridized carbons (Fsp3) is 0.269. The van der Waals surface area contributed by atoms with Gasteiger partial charge in [0.05, 0.1) is 16.8 Å². The first-order chi connectivity index (χ1) is 16.3. The molecule has 2 aromatic heterocycles. The number of rotatable bonds is 5. The van der Waals surface area contributed by atoms with Gasteiger partial charge in [-0.05, 0) is 41.7 Å². The Morgan fingerprint density at radius 3 is 2.35 bits per heavy atom. The first-order valence-electron chi connectivity index (χ1n) is 11.3. The number of fused-ring (bicyclic) bond motifs is 1. The van der Waals surface area contributed by atoms with Crippen molar-refractivity contribution in [3.8, 4) is 22.3 Å². The fourth-order valence-corrected chi connectivity index (χ4v) is 5.51. The van der Waals surface area contributed by atoms with Crippen LogP contribution in [0.1, 0.15) is 54.1 Å². The summed E-state index contributed by atoms with van der Waals surface area (Å²) in [5.74, 6) is -0.757. The molecule has 0 bridgehead atoms. The normalized spacial score (nSPS) is 15.0. The van der Waals surface area contributed by atoms with E-state index in [1.165, 1.54) is 18.9 Å². The van der Waals surface area contributed by atoms with Crippen molar-refractivity contribution in [3.63, 3.8) is 0 Å². The van der Waals surface area contributed by atoms with Crippen molar-refractivity contribution in [2.75, 3.05) is 6.26 Å². The minimum absolute atomic E-state index is 0.102. The van der Waals surface area contributed by atoms with Gasteiger partial charge in [-0.2, -0.15) is 5.10 Å². The van der Waals surface area contributed by atoms with E-state index in [-0.39, 0.29) is 16.4 Å². The highest BCUT2D eigenvalue weighted by atomic mass is 32.2. The minimum atomic E-state index is -3.29. The van der Waals surface area contributed by atoms with E-state index in [2.05, 4.69) is 10.1 Å². The van der Waals surface area contributed by atoms with Gasteiger partial charge >= 0.3 is 5.97 Å². The third kappa shape index (κ3) is 4.09. The Bertz CT molecular complexity index is 1480. The Balaban J connectivity index is 1.60. The standard InChI is InChI=1S/C26H25N3O4S/c1-34(32,33)21-9-5-8-20(14-21)17-10-12-18(13-11-17)22-15-27-25-23(26(30)31)16-28-29(25)24(22)19-6-3-2-4-7-19/h5,8-16,19H,2-4,6-7H2,1H3,(H,30,31). The summed E-state index contributed by atoms with van der Waals surface area (Å²) in [7, 11) is -3.29. The van der Waals surface area contributed by atoms with Crippen molar-refractivity contribution in [1.82, 2.24) is 14.6 Å². The van der Waals surface area contributed by atoms with Gasteiger partial charge in [-0.1, -0.05) is 55.7 Å². The zero-order chi connectivity index (χ0) is 23.9. The highest BCUT2D eigenvalue weighted by Crippen LogP contribution is 2.38. The van der Waals surface area contributed by atoms with E-state index in [0.29, 0.717) is 5.65 Å². The van der Waals surface area contributed by atoms with Crippen molar-refractivity contribution in [1.29, 1.82) is 0 Å². The van der Waals surface area contributed by atoms with Crippen LogP contribution in [0, 0.1) is 0 Å². The molecule has 0 amide bonds. The zero-order valence-corrected chi connectivity index (χ0v) is 19.6. The molecule has 1 saturated carbocycles. The molecule has 7 nitrogen and oxygen atoms in total. The first-order valence-corrected chi connectivity index (χ1v) is 13.2. The monoisotopic (exact) mass is 475 g/mol. The number of aromatic nitrogens is 3. The molecule has 0 saturated heterocycles. The van der Waals surface area contributed by atoms with Gasteiger partial charge in [0.25, 0.3) is 0 Å². The second-order valence-corrected chi connectivity index (χ2v) is 10.9. The molecule has 1 fully saturated rings.